The molecule has 0 spiro atoms. The van der Waals surface area contributed by atoms with Crippen molar-refractivity contribution < 1.29 is 4.74 Å². The zero-order chi connectivity index (χ0) is 14.7. The van der Waals surface area contributed by atoms with Gasteiger partial charge < -0.3 is 10.1 Å². The van der Waals surface area contributed by atoms with Gasteiger partial charge in [0.25, 0.3) is 0 Å². The first kappa shape index (κ1) is 14.6. The van der Waals surface area contributed by atoms with Gasteiger partial charge in [0.2, 0.25) is 0 Å². The number of nitrogens with one attached hydrogen (secondary N) is 1. The highest BCUT2D eigenvalue weighted by Gasteiger charge is 2.11. The molecular weight excluding hydrogens is 278 g/mol. The van der Waals surface area contributed by atoms with Crippen molar-refractivity contribution >= 4 is 11.3 Å². The van der Waals surface area contributed by atoms with E-state index >= 15 is 0 Å². The molecule has 1 N–H and O–H groups in total. The average molecular weight is 301 g/mol. The maximum absolute atomic E-state index is 5.95. The summed E-state index contributed by atoms with van der Waals surface area (Å²) in [5, 5.41) is 3.45. The highest BCUT2D eigenvalue weighted by Crippen LogP contribution is 2.27. The van der Waals surface area contributed by atoms with Crippen LogP contribution in [0.15, 0.2) is 30.3 Å². The van der Waals surface area contributed by atoms with Crippen molar-refractivity contribution in [3.63, 3.8) is 0 Å². The molecular formula is C18H23NOS. The highest BCUT2D eigenvalue weighted by molar-refractivity contribution is 7.11. The molecule has 1 heterocycles. The SMILES string of the molecule is CC(C)NCc1ccc(COc2ccc3c(c2)CCC3)s1. The second kappa shape index (κ2) is 6.63. The van der Waals surface area contributed by atoms with E-state index < -0.39 is 0 Å². The van der Waals surface area contributed by atoms with Crippen LogP contribution < -0.4 is 10.1 Å². The maximum Gasteiger partial charge on any atom is 0.122 e. The summed E-state index contributed by atoms with van der Waals surface area (Å²) in [4.78, 5) is 2.66. The third-order valence-corrected chi connectivity index (χ3v) is 4.91. The minimum absolute atomic E-state index is 0.526. The topological polar surface area (TPSA) is 21.3 Å². The van der Waals surface area contributed by atoms with Crippen LogP contribution in [0.25, 0.3) is 0 Å². The molecule has 0 saturated carbocycles. The van der Waals surface area contributed by atoms with Crippen LogP contribution in [0, 0.1) is 0 Å². The van der Waals surface area contributed by atoms with Gasteiger partial charge in [-0.1, -0.05) is 19.9 Å². The lowest BCUT2D eigenvalue weighted by molar-refractivity contribution is 0.309. The lowest BCUT2D eigenvalue weighted by Gasteiger charge is -2.07. The molecule has 0 saturated heterocycles. The zero-order valence-electron chi connectivity index (χ0n) is 12.8. The quantitative estimate of drug-likeness (QED) is 0.858. The Morgan fingerprint density at radius 1 is 1.10 bits per heavy atom. The molecule has 0 atom stereocenters. The normalized spacial score (nSPS) is 13.7. The first-order valence-electron chi connectivity index (χ1n) is 7.76. The Morgan fingerprint density at radius 2 is 1.90 bits per heavy atom. The highest BCUT2D eigenvalue weighted by atomic mass is 32.1. The van der Waals surface area contributed by atoms with Gasteiger partial charge in [0.15, 0.2) is 0 Å². The van der Waals surface area contributed by atoms with E-state index in [1.54, 1.807) is 0 Å². The van der Waals surface area contributed by atoms with Crippen LogP contribution >= 0.6 is 11.3 Å². The third-order valence-electron chi connectivity index (χ3n) is 3.85. The van der Waals surface area contributed by atoms with E-state index in [1.807, 2.05) is 11.3 Å². The first-order valence-corrected chi connectivity index (χ1v) is 8.58. The lowest BCUT2D eigenvalue weighted by atomic mass is 10.1. The fraction of sp³-hybridized carbons (Fsp3) is 0.444. The van der Waals surface area contributed by atoms with Crippen molar-refractivity contribution in [1.29, 1.82) is 0 Å². The molecule has 2 aromatic rings. The van der Waals surface area contributed by atoms with Crippen LogP contribution in [0.2, 0.25) is 0 Å². The summed E-state index contributed by atoms with van der Waals surface area (Å²) in [6.07, 6.45) is 3.72. The predicted octanol–water partition coefficient (Wildman–Crippen LogP) is 4.31. The van der Waals surface area contributed by atoms with Crippen LogP contribution in [-0.2, 0) is 26.0 Å². The van der Waals surface area contributed by atoms with Gasteiger partial charge >= 0.3 is 0 Å². The monoisotopic (exact) mass is 301 g/mol. The molecule has 1 aliphatic rings. The van der Waals surface area contributed by atoms with Gasteiger partial charge in [-0.15, -0.1) is 11.3 Å². The summed E-state index contributed by atoms with van der Waals surface area (Å²) in [7, 11) is 0. The number of ether oxygens (including phenoxy) is 1. The summed E-state index contributed by atoms with van der Waals surface area (Å²) in [6, 6.07) is 11.5. The Kier molecular flexibility index (Phi) is 4.61. The van der Waals surface area contributed by atoms with E-state index in [4.69, 9.17) is 4.74 Å². The van der Waals surface area contributed by atoms with Crippen molar-refractivity contribution in [2.75, 3.05) is 0 Å². The molecule has 1 aromatic heterocycles. The maximum atomic E-state index is 5.95. The predicted molar refractivity (Wildman–Crippen MR) is 89.1 cm³/mol. The van der Waals surface area contributed by atoms with Crippen molar-refractivity contribution in [1.82, 2.24) is 5.32 Å². The molecule has 0 radical (unpaired) electrons. The van der Waals surface area contributed by atoms with E-state index in [-0.39, 0.29) is 0 Å². The Balaban J connectivity index is 1.55. The fourth-order valence-electron chi connectivity index (χ4n) is 2.69. The molecule has 112 valence electrons. The first-order chi connectivity index (χ1) is 10.2. The van der Waals surface area contributed by atoms with Crippen molar-refractivity contribution in [3.05, 3.63) is 51.2 Å². The second-order valence-corrected chi connectivity index (χ2v) is 7.23. The van der Waals surface area contributed by atoms with E-state index in [0.717, 1.165) is 12.3 Å². The van der Waals surface area contributed by atoms with Crippen LogP contribution in [0.4, 0.5) is 0 Å². The van der Waals surface area contributed by atoms with Gasteiger partial charge in [-0.3, -0.25) is 0 Å². The molecule has 1 aliphatic carbocycles. The van der Waals surface area contributed by atoms with Crippen molar-refractivity contribution in [2.45, 2.75) is 52.3 Å². The number of thiophene rings is 1. The molecule has 1 aromatic carbocycles. The van der Waals surface area contributed by atoms with Crippen LogP contribution in [0.1, 0.15) is 41.1 Å². The third kappa shape index (κ3) is 3.86. The van der Waals surface area contributed by atoms with Gasteiger partial charge in [0, 0.05) is 22.3 Å². The number of rotatable bonds is 6. The molecule has 0 amide bonds. The number of fused-ring (bicyclic) bond motifs is 1. The Labute approximate surface area is 131 Å². The Morgan fingerprint density at radius 3 is 2.76 bits per heavy atom. The Hall–Kier alpha value is -1.32. The van der Waals surface area contributed by atoms with E-state index in [1.165, 1.54) is 40.1 Å². The molecule has 2 nitrogen and oxygen atoms in total. The Bertz CT molecular complexity index is 603. The molecule has 0 bridgehead atoms. The number of benzene rings is 1. The van der Waals surface area contributed by atoms with Crippen LogP contribution in [0.5, 0.6) is 5.75 Å². The smallest absolute Gasteiger partial charge is 0.122 e. The van der Waals surface area contributed by atoms with Crippen LogP contribution in [-0.4, -0.2) is 6.04 Å². The molecule has 3 heteroatoms. The summed E-state index contributed by atoms with van der Waals surface area (Å²) < 4.78 is 5.95. The summed E-state index contributed by atoms with van der Waals surface area (Å²) in [6.45, 7) is 5.96. The van der Waals surface area contributed by atoms with E-state index in [9.17, 15) is 0 Å². The van der Waals surface area contributed by atoms with E-state index in [0.29, 0.717) is 12.6 Å². The van der Waals surface area contributed by atoms with Crippen LogP contribution in [0.3, 0.4) is 0 Å². The minimum atomic E-state index is 0.526. The standard InChI is InChI=1S/C18H23NOS/c1-13(2)19-11-17-8-9-18(21-17)12-20-16-7-6-14-4-3-5-15(14)10-16/h6-10,13,19H,3-5,11-12H2,1-2H3. The lowest BCUT2D eigenvalue weighted by Crippen LogP contribution is -2.21. The van der Waals surface area contributed by atoms with Crippen molar-refractivity contribution in [3.8, 4) is 5.75 Å². The van der Waals surface area contributed by atoms with Crippen molar-refractivity contribution in [2.24, 2.45) is 0 Å². The van der Waals surface area contributed by atoms with Gasteiger partial charge in [-0.05, 0) is 54.7 Å². The second-order valence-electron chi connectivity index (χ2n) is 5.98. The molecule has 21 heavy (non-hydrogen) atoms. The molecule has 0 unspecified atom stereocenters. The van der Waals surface area contributed by atoms with E-state index in [2.05, 4.69) is 49.5 Å². The molecule has 0 fully saturated rings. The molecule has 3 rings (SSSR count). The number of aryl methyl sites for hydroxylation is 2. The molecule has 0 aliphatic heterocycles. The van der Waals surface area contributed by atoms with Gasteiger partial charge in [-0.25, -0.2) is 0 Å². The number of hydrogen-bond donors (Lipinski definition) is 1. The number of hydrogen-bond acceptors (Lipinski definition) is 3. The van der Waals surface area contributed by atoms with Gasteiger partial charge in [-0.2, -0.15) is 0 Å². The van der Waals surface area contributed by atoms with Gasteiger partial charge in [0.1, 0.15) is 12.4 Å². The summed E-state index contributed by atoms with van der Waals surface area (Å²) in [5.41, 5.74) is 2.97. The minimum Gasteiger partial charge on any atom is -0.488 e. The van der Waals surface area contributed by atoms with Gasteiger partial charge in [0.05, 0.1) is 0 Å². The average Bonchev–Trinajstić information content (AvgIpc) is 3.11. The fourth-order valence-corrected chi connectivity index (χ4v) is 3.57. The summed E-state index contributed by atoms with van der Waals surface area (Å²) >= 11 is 1.83. The largest absolute Gasteiger partial charge is 0.488 e. The zero-order valence-corrected chi connectivity index (χ0v) is 13.6. The summed E-state index contributed by atoms with van der Waals surface area (Å²) in [5.74, 6) is 1.01.